The summed E-state index contributed by atoms with van der Waals surface area (Å²) in [5.41, 5.74) is 0.785. The summed E-state index contributed by atoms with van der Waals surface area (Å²) in [6, 6.07) is 3.37. The van der Waals surface area contributed by atoms with Crippen molar-refractivity contribution in [3.63, 3.8) is 0 Å². The zero-order chi connectivity index (χ0) is 8.97. The molecular formula is C7H4ClN3O. The predicted molar refractivity (Wildman–Crippen MR) is 43.1 cm³/mol. The fourth-order valence-corrected chi connectivity index (χ4v) is 0.775. The molecule has 1 aromatic heterocycles. The third-order valence-electron chi connectivity index (χ3n) is 1.19. The van der Waals surface area contributed by atoms with E-state index in [-0.39, 0.29) is 5.17 Å². The second-order valence-electron chi connectivity index (χ2n) is 1.96. The van der Waals surface area contributed by atoms with Crippen molar-refractivity contribution in [1.29, 1.82) is 5.26 Å². The summed E-state index contributed by atoms with van der Waals surface area (Å²) < 4.78 is 0. The fraction of sp³-hybridized carbons (Fsp3) is 0. The van der Waals surface area contributed by atoms with Crippen LogP contribution < -0.4 is 0 Å². The minimum absolute atomic E-state index is 0.0837. The van der Waals surface area contributed by atoms with Gasteiger partial charge in [0.15, 0.2) is 5.17 Å². The molecule has 0 fully saturated rings. The van der Waals surface area contributed by atoms with E-state index in [1.165, 1.54) is 18.5 Å². The molecule has 0 atom stereocenters. The highest BCUT2D eigenvalue weighted by molar-refractivity contribution is 6.69. The van der Waals surface area contributed by atoms with Gasteiger partial charge < -0.3 is 5.21 Å². The van der Waals surface area contributed by atoms with Gasteiger partial charge in [-0.1, -0.05) is 16.8 Å². The first-order valence-corrected chi connectivity index (χ1v) is 3.39. The van der Waals surface area contributed by atoms with Crippen LogP contribution in [0.2, 0.25) is 0 Å². The van der Waals surface area contributed by atoms with Crippen molar-refractivity contribution in [3.05, 3.63) is 29.6 Å². The molecule has 1 rings (SSSR count). The number of halogens is 1. The maximum atomic E-state index is 8.48. The van der Waals surface area contributed by atoms with E-state index in [0.717, 1.165) is 0 Å². The van der Waals surface area contributed by atoms with Gasteiger partial charge in [-0.15, -0.1) is 0 Å². The van der Waals surface area contributed by atoms with E-state index in [0.29, 0.717) is 11.1 Å². The Bertz CT molecular complexity index is 356. The molecule has 0 spiro atoms. The minimum Gasteiger partial charge on any atom is -0.410 e. The second kappa shape index (κ2) is 3.69. The van der Waals surface area contributed by atoms with Crippen LogP contribution in [-0.4, -0.2) is 15.4 Å². The Morgan fingerprint density at radius 3 is 3.00 bits per heavy atom. The lowest BCUT2D eigenvalue weighted by atomic mass is 10.2. The van der Waals surface area contributed by atoms with E-state index in [1.54, 1.807) is 0 Å². The van der Waals surface area contributed by atoms with Crippen LogP contribution in [0.5, 0.6) is 0 Å². The Labute approximate surface area is 73.7 Å². The summed E-state index contributed by atoms with van der Waals surface area (Å²) in [4.78, 5) is 3.73. The van der Waals surface area contributed by atoms with Gasteiger partial charge in [-0.05, 0) is 6.07 Å². The van der Waals surface area contributed by atoms with Crippen molar-refractivity contribution in [3.8, 4) is 6.07 Å². The molecule has 0 amide bonds. The highest BCUT2D eigenvalue weighted by atomic mass is 35.5. The number of oxime groups is 1. The van der Waals surface area contributed by atoms with Gasteiger partial charge in [-0.3, -0.25) is 4.98 Å². The molecule has 0 radical (unpaired) electrons. The quantitative estimate of drug-likeness (QED) is 0.404. The first-order valence-electron chi connectivity index (χ1n) is 3.01. The molecule has 4 nitrogen and oxygen atoms in total. The lowest BCUT2D eigenvalue weighted by molar-refractivity contribution is 0.321. The van der Waals surface area contributed by atoms with E-state index in [2.05, 4.69) is 10.1 Å². The molecule has 1 aromatic rings. The summed E-state index contributed by atoms with van der Waals surface area (Å²) in [7, 11) is 0. The molecule has 0 bridgehead atoms. The highest BCUT2D eigenvalue weighted by Crippen LogP contribution is 2.05. The Hall–Kier alpha value is -1.60. The van der Waals surface area contributed by atoms with Gasteiger partial charge in [-0.2, -0.15) is 5.26 Å². The lowest BCUT2D eigenvalue weighted by Gasteiger charge is -1.94. The van der Waals surface area contributed by atoms with Gasteiger partial charge in [0.25, 0.3) is 0 Å². The Balaban J connectivity index is 3.12. The Kier molecular flexibility index (Phi) is 2.62. The summed E-state index contributed by atoms with van der Waals surface area (Å²) in [5, 5.41) is 19.5. The number of hydrogen-bond donors (Lipinski definition) is 1. The minimum atomic E-state index is -0.0837. The average molecular weight is 182 g/mol. The number of rotatable bonds is 1. The molecule has 60 valence electrons. The van der Waals surface area contributed by atoms with Crippen molar-refractivity contribution >= 4 is 16.8 Å². The molecule has 0 saturated heterocycles. The van der Waals surface area contributed by atoms with Gasteiger partial charge >= 0.3 is 0 Å². The maximum Gasteiger partial charge on any atom is 0.176 e. The number of hydrogen-bond acceptors (Lipinski definition) is 4. The van der Waals surface area contributed by atoms with Crippen molar-refractivity contribution in [2.24, 2.45) is 5.16 Å². The SMILES string of the molecule is N#Cc1cncc(C(Cl)=NO)c1. The van der Waals surface area contributed by atoms with Crippen molar-refractivity contribution in [1.82, 2.24) is 4.98 Å². The average Bonchev–Trinajstić information content (AvgIpc) is 2.17. The van der Waals surface area contributed by atoms with Crippen LogP contribution in [0.4, 0.5) is 0 Å². The van der Waals surface area contributed by atoms with Gasteiger partial charge in [0.1, 0.15) is 6.07 Å². The second-order valence-corrected chi connectivity index (χ2v) is 2.32. The maximum absolute atomic E-state index is 8.48. The normalized spacial score (nSPS) is 10.8. The Morgan fingerprint density at radius 2 is 2.42 bits per heavy atom. The number of nitrogens with zero attached hydrogens (tertiary/aromatic N) is 3. The first kappa shape index (κ1) is 8.50. The largest absolute Gasteiger partial charge is 0.410 e. The molecule has 12 heavy (non-hydrogen) atoms. The molecular weight excluding hydrogens is 178 g/mol. The standard InChI is InChI=1S/C7H4ClN3O/c8-7(11-12)6-1-5(2-9)3-10-4-6/h1,3-4,12H. The molecule has 0 aliphatic heterocycles. The van der Waals surface area contributed by atoms with Crippen LogP contribution in [0.25, 0.3) is 0 Å². The smallest absolute Gasteiger partial charge is 0.176 e. The zero-order valence-electron chi connectivity index (χ0n) is 5.90. The van der Waals surface area contributed by atoms with E-state index >= 15 is 0 Å². The summed E-state index contributed by atoms with van der Waals surface area (Å²) in [5.74, 6) is 0. The van der Waals surface area contributed by atoms with Crippen LogP contribution in [0.15, 0.2) is 23.6 Å². The third kappa shape index (κ3) is 1.71. The lowest BCUT2D eigenvalue weighted by Crippen LogP contribution is -1.92. The molecule has 0 aliphatic rings. The monoisotopic (exact) mass is 181 g/mol. The van der Waals surface area contributed by atoms with Crippen molar-refractivity contribution in [2.75, 3.05) is 0 Å². The van der Waals surface area contributed by atoms with Gasteiger partial charge in [0.2, 0.25) is 0 Å². The fourth-order valence-electron chi connectivity index (χ4n) is 0.672. The topological polar surface area (TPSA) is 69.3 Å². The molecule has 0 aliphatic carbocycles. The molecule has 5 heteroatoms. The third-order valence-corrected chi connectivity index (χ3v) is 1.49. The van der Waals surface area contributed by atoms with Gasteiger partial charge in [0, 0.05) is 18.0 Å². The van der Waals surface area contributed by atoms with E-state index in [4.69, 9.17) is 22.1 Å². The zero-order valence-corrected chi connectivity index (χ0v) is 6.65. The first-order chi connectivity index (χ1) is 5.77. The van der Waals surface area contributed by atoms with E-state index < -0.39 is 0 Å². The van der Waals surface area contributed by atoms with Gasteiger partial charge in [0.05, 0.1) is 5.56 Å². The van der Waals surface area contributed by atoms with Crippen LogP contribution in [-0.2, 0) is 0 Å². The van der Waals surface area contributed by atoms with E-state index in [1.807, 2.05) is 6.07 Å². The summed E-state index contributed by atoms with van der Waals surface area (Å²) in [6.45, 7) is 0. The summed E-state index contributed by atoms with van der Waals surface area (Å²) in [6.07, 6.45) is 2.80. The van der Waals surface area contributed by atoms with Crippen LogP contribution in [0, 0.1) is 11.3 Å². The highest BCUT2D eigenvalue weighted by Gasteiger charge is 2.01. The number of nitriles is 1. The molecule has 0 saturated carbocycles. The molecule has 1 heterocycles. The van der Waals surface area contributed by atoms with Crippen molar-refractivity contribution < 1.29 is 5.21 Å². The van der Waals surface area contributed by atoms with Crippen LogP contribution in [0.1, 0.15) is 11.1 Å². The predicted octanol–water partition coefficient (Wildman–Crippen LogP) is 1.33. The molecule has 0 aromatic carbocycles. The molecule has 0 unspecified atom stereocenters. The van der Waals surface area contributed by atoms with E-state index in [9.17, 15) is 0 Å². The summed E-state index contributed by atoms with van der Waals surface area (Å²) >= 11 is 5.47. The van der Waals surface area contributed by atoms with Gasteiger partial charge in [-0.25, -0.2) is 0 Å². The number of aromatic nitrogens is 1. The van der Waals surface area contributed by atoms with Crippen molar-refractivity contribution in [2.45, 2.75) is 0 Å². The Morgan fingerprint density at radius 1 is 1.67 bits per heavy atom. The van der Waals surface area contributed by atoms with Crippen LogP contribution in [0.3, 0.4) is 0 Å². The number of pyridine rings is 1. The van der Waals surface area contributed by atoms with Crippen LogP contribution >= 0.6 is 11.6 Å². The molecule has 1 N–H and O–H groups in total.